The highest BCUT2D eigenvalue weighted by atomic mass is 16.5. The van der Waals surface area contributed by atoms with Gasteiger partial charge in [0.05, 0.1) is 14.2 Å². The minimum atomic E-state index is -0.216. The van der Waals surface area contributed by atoms with Crippen LogP contribution in [0, 0.1) is 0 Å². The summed E-state index contributed by atoms with van der Waals surface area (Å²) in [6.45, 7) is 4.12. The summed E-state index contributed by atoms with van der Waals surface area (Å²) in [6.07, 6.45) is 0. The smallest absolute Gasteiger partial charge is 0.261 e. The van der Waals surface area contributed by atoms with Crippen LogP contribution < -0.4 is 14.9 Å². The van der Waals surface area contributed by atoms with Gasteiger partial charge in [-0.3, -0.25) is 4.79 Å². The highest BCUT2D eigenvalue weighted by Gasteiger charge is 2.07. The summed E-state index contributed by atoms with van der Waals surface area (Å²) in [5.74, 6) is 0.967. The van der Waals surface area contributed by atoms with Crippen molar-refractivity contribution >= 4 is 0 Å². The molecule has 1 aromatic carbocycles. The van der Waals surface area contributed by atoms with Crippen molar-refractivity contribution in [1.82, 2.24) is 0 Å². The van der Waals surface area contributed by atoms with Crippen molar-refractivity contribution in [2.24, 2.45) is 0 Å². The maximum Gasteiger partial charge on any atom is 0.261 e. The molecule has 15 heavy (non-hydrogen) atoms. The Hall–Kier alpha value is -1.51. The first-order valence-corrected chi connectivity index (χ1v) is 4.86. The number of methoxy groups -OCH3 is 2. The lowest BCUT2D eigenvalue weighted by atomic mass is 10.1. The van der Waals surface area contributed by atoms with Crippen molar-refractivity contribution in [1.29, 1.82) is 0 Å². The van der Waals surface area contributed by atoms with Crippen molar-refractivity contribution in [2.45, 2.75) is 19.8 Å². The van der Waals surface area contributed by atoms with E-state index in [1.54, 1.807) is 12.1 Å². The first-order chi connectivity index (χ1) is 7.10. The molecule has 0 spiro atoms. The van der Waals surface area contributed by atoms with Gasteiger partial charge in [0.1, 0.15) is 0 Å². The number of hydrogen-bond acceptors (Lipinski definition) is 3. The molecule has 0 amide bonds. The van der Waals surface area contributed by atoms with E-state index in [-0.39, 0.29) is 5.43 Å². The van der Waals surface area contributed by atoms with E-state index in [1.807, 2.05) is 6.07 Å². The van der Waals surface area contributed by atoms with Crippen LogP contribution in [0.5, 0.6) is 11.5 Å². The molecule has 0 aliphatic heterocycles. The summed E-state index contributed by atoms with van der Waals surface area (Å²) in [4.78, 5) is 11.8. The summed E-state index contributed by atoms with van der Waals surface area (Å²) in [7, 11) is 2.96. The molecular formula is C12H16O3. The van der Waals surface area contributed by atoms with Crippen molar-refractivity contribution in [3.05, 3.63) is 34.0 Å². The van der Waals surface area contributed by atoms with Crippen LogP contribution in [0.25, 0.3) is 0 Å². The molecule has 0 aliphatic carbocycles. The summed E-state index contributed by atoms with van der Waals surface area (Å²) in [6, 6.07) is 5.32. The summed E-state index contributed by atoms with van der Waals surface area (Å²) < 4.78 is 10.0. The molecule has 1 rings (SSSR count). The Morgan fingerprint density at radius 1 is 1.07 bits per heavy atom. The molecule has 0 aromatic heterocycles. The average Bonchev–Trinajstić information content (AvgIpc) is 2.37. The minimum absolute atomic E-state index is 0.216. The van der Waals surface area contributed by atoms with Crippen molar-refractivity contribution < 1.29 is 9.47 Å². The molecule has 82 valence electrons. The van der Waals surface area contributed by atoms with E-state index in [9.17, 15) is 4.79 Å². The number of rotatable bonds is 3. The van der Waals surface area contributed by atoms with E-state index < -0.39 is 0 Å². The van der Waals surface area contributed by atoms with E-state index in [1.165, 1.54) is 14.2 Å². The monoisotopic (exact) mass is 208 g/mol. The van der Waals surface area contributed by atoms with Crippen LogP contribution >= 0.6 is 0 Å². The Balaban J connectivity index is 3.45. The van der Waals surface area contributed by atoms with E-state index in [0.29, 0.717) is 17.4 Å². The Morgan fingerprint density at radius 3 is 2.13 bits per heavy atom. The van der Waals surface area contributed by atoms with Gasteiger partial charge in [0, 0.05) is 0 Å². The maximum absolute atomic E-state index is 11.8. The number of hydrogen-bond donors (Lipinski definition) is 0. The van der Waals surface area contributed by atoms with Gasteiger partial charge >= 0.3 is 0 Å². The Morgan fingerprint density at radius 2 is 1.67 bits per heavy atom. The topological polar surface area (TPSA) is 35.5 Å². The van der Waals surface area contributed by atoms with Crippen LogP contribution in [0.2, 0.25) is 0 Å². The zero-order valence-corrected chi connectivity index (χ0v) is 9.53. The van der Waals surface area contributed by atoms with Gasteiger partial charge < -0.3 is 9.47 Å². The molecule has 0 saturated heterocycles. The average molecular weight is 208 g/mol. The summed E-state index contributed by atoms with van der Waals surface area (Å²) >= 11 is 0. The zero-order chi connectivity index (χ0) is 11.4. The predicted octanol–water partition coefficient (Wildman–Crippen LogP) is 2.19. The fourth-order valence-electron chi connectivity index (χ4n) is 1.31. The molecule has 0 bridgehead atoms. The second-order valence-corrected chi connectivity index (χ2v) is 3.60. The van der Waals surface area contributed by atoms with Gasteiger partial charge in [-0.15, -0.1) is 0 Å². The molecule has 0 unspecified atom stereocenters. The normalized spacial score (nSPS) is 10.2. The third-order valence-corrected chi connectivity index (χ3v) is 2.28. The molecule has 0 saturated carbocycles. The van der Waals surface area contributed by atoms with Gasteiger partial charge in [-0.05, 0) is 23.6 Å². The highest BCUT2D eigenvalue weighted by molar-refractivity contribution is 5.36. The molecule has 3 nitrogen and oxygen atoms in total. The fraction of sp³-hybridized carbons (Fsp3) is 0.417. The number of ether oxygens (including phenoxy) is 2. The Bertz CT molecular complexity index is 397. The van der Waals surface area contributed by atoms with Gasteiger partial charge in [-0.25, -0.2) is 0 Å². The van der Waals surface area contributed by atoms with Crippen LogP contribution in [0.1, 0.15) is 25.3 Å². The second-order valence-electron chi connectivity index (χ2n) is 3.60. The van der Waals surface area contributed by atoms with Crippen LogP contribution in [-0.4, -0.2) is 14.2 Å². The van der Waals surface area contributed by atoms with Crippen LogP contribution in [0.3, 0.4) is 0 Å². The molecule has 1 aromatic rings. The van der Waals surface area contributed by atoms with Gasteiger partial charge in [0.2, 0.25) is 0 Å². The minimum Gasteiger partial charge on any atom is -0.493 e. The molecule has 0 atom stereocenters. The van der Waals surface area contributed by atoms with Crippen LogP contribution in [0.15, 0.2) is 23.0 Å². The fourth-order valence-corrected chi connectivity index (χ4v) is 1.31. The van der Waals surface area contributed by atoms with E-state index in [0.717, 1.165) is 5.56 Å². The van der Waals surface area contributed by atoms with Crippen molar-refractivity contribution in [3.63, 3.8) is 0 Å². The highest BCUT2D eigenvalue weighted by Crippen LogP contribution is 2.18. The van der Waals surface area contributed by atoms with Gasteiger partial charge in [-0.2, -0.15) is 0 Å². The Labute approximate surface area is 89.7 Å². The quantitative estimate of drug-likeness (QED) is 0.763. The van der Waals surface area contributed by atoms with Gasteiger partial charge in [0.15, 0.2) is 11.5 Å². The lowest BCUT2D eigenvalue weighted by Crippen LogP contribution is -2.05. The van der Waals surface area contributed by atoms with Crippen LogP contribution in [0.4, 0.5) is 0 Å². The van der Waals surface area contributed by atoms with Crippen molar-refractivity contribution in [2.75, 3.05) is 14.2 Å². The first-order valence-electron chi connectivity index (χ1n) is 4.86. The zero-order valence-electron chi connectivity index (χ0n) is 9.53. The maximum atomic E-state index is 11.8. The summed E-state index contributed by atoms with van der Waals surface area (Å²) in [5, 5.41) is 0. The lowest BCUT2D eigenvalue weighted by molar-refractivity contribution is 0.390. The van der Waals surface area contributed by atoms with E-state index in [4.69, 9.17) is 9.47 Å². The first kappa shape index (κ1) is 11.6. The molecule has 0 heterocycles. The molecule has 3 heteroatoms. The lowest BCUT2D eigenvalue weighted by Gasteiger charge is -2.01. The standard InChI is InChI=1S/C12H16O3/c1-8(2)9-5-6-10(14-3)12(13)11(7-9)15-4/h5-8H,1-4H3. The predicted molar refractivity (Wildman–Crippen MR) is 59.9 cm³/mol. The van der Waals surface area contributed by atoms with Crippen molar-refractivity contribution in [3.8, 4) is 11.5 Å². The van der Waals surface area contributed by atoms with Gasteiger partial charge in [0.25, 0.3) is 5.43 Å². The molecule has 0 aliphatic rings. The SMILES string of the molecule is COc1ccc(C(C)C)cc(OC)c1=O. The second kappa shape index (κ2) is 4.82. The molecule has 0 N–H and O–H groups in total. The Kier molecular flexibility index (Phi) is 3.72. The molecule has 0 radical (unpaired) electrons. The summed E-state index contributed by atoms with van der Waals surface area (Å²) in [5.41, 5.74) is 0.833. The third-order valence-electron chi connectivity index (χ3n) is 2.28. The molecule has 0 fully saturated rings. The van der Waals surface area contributed by atoms with Crippen LogP contribution in [-0.2, 0) is 0 Å². The van der Waals surface area contributed by atoms with E-state index in [2.05, 4.69) is 13.8 Å². The molecular weight excluding hydrogens is 192 g/mol. The third kappa shape index (κ3) is 2.49. The van der Waals surface area contributed by atoms with E-state index >= 15 is 0 Å². The van der Waals surface area contributed by atoms with Gasteiger partial charge in [-0.1, -0.05) is 19.9 Å². The largest absolute Gasteiger partial charge is 0.493 e.